The van der Waals surface area contributed by atoms with E-state index >= 15 is 0 Å². The van der Waals surface area contributed by atoms with Crippen LogP contribution in [-0.4, -0.2) is 17.2 Å². The molecule has 0 aliphatic carbocycles. The molecule has 0 bridgehead atoms. The predicted octanol–water partition coefficient (Wildman–Crippen LogP) is 2.82. The molecule has 0 aliphatic rings. The van der Waals surface area contributed by atoms with E-state index in [0.29, 0.717) is 16.1 Å². The largest absolute Gasteiger partial charge is 0.321 e. The van der Waals surface area contributed by atoms with E-state index in [1.807, 2.05) is 6.92 Å². The van der Waals surface area contributed by atoms with Crippen LogP contribution in [-0.2, 0) is 0 Å². The first-order valence-electron chi connectivity index (χ1n) is 5.41. The number of anilines is 1. The summed E-state index contributed by atoms with van der Waals surface area (Å²) in [5, 5.41) is 3.62. The van der Waals surface area contributed by atoms with Crippen molar-refractivity contribution in [2.45, 2.75) is 13.8 Å². The molecule has 92 valence electrons. The Morgan fingerprint density at radius 3 is 2.78 bits per heavy atom. The zero-order valence-electron chi connectivity index (χ0n) is 10.1. The summed E-state index contributed by atoms with van der Waals surface area (Å²) in [5.41, 5.74) is 1.86. The van der Waals surface area contributed by atoms with E-state index in [4.69, 9.17) is 0 Å². The number of amides is 1. The van der Waals surface area contributed by atoms with Crippen molar-refractivity contribution < 1.29 is 9.59 Å². The molecule has 1 N–H and O–H groups in total. The predicted molar refractivity (Wildman–Crippen MR) is 71.4 cm³/mol. The lowest BCUT2D eigenvalue weighted by Gasteiger charge is -2.04. The summed E-state index contributed by atoms with van der Waals surface area (Å²) in [6.45, 7) is 3.67. The monoisotopic (exact) mass is 260 g/mol. The highest BCUT2D eigenvalue weighted by Gasteiger charge is 2.13. The van der Waals surface area contributed by atoms with Gasteiger partial charge < -0.3 is 5.32 Å². The molecule has 2 aromatic rings. The van der Waals surface area contributed by atoms with Gasteiger partial charge in [-0.25, -0.2) is 4.98 Å². The Kier molecular flexibility index (Phi) is 3.53. The van der Waals surface area contributed by atoms with Crippen LogP contribution in [0.2, 0.25) is 0 Å². The fourth-order valence-corrected chi connectivity index (χ4v) is 2.43. The van der Waals surface area contributed by atoms with E-state index in [1.54, 1.807) is 31.2 Å². The molecule has 18 heavy (non-hydrogen) atoms. The van der Waals surface area contributed by atoms with E-state index in [1.165, 1.54) is 11.3 Å². The number of carbonyl (C=O) groups excluding carboxylic acids is 2. The summed E-state index contributed by atoms with van der Waals surface area (Å²) in [6, 6.07) is 6.79. The van der Waals surface area contributed by atoms with E-state index in [0.717, 1.165) is 17.0 Å². The summed E-state index contributed by atoms with van der Waals surface area (Å²) in [4.78, 5) is 27.5. The number of aldehydes is 1. The van der Waals surface area contributed by atoms with Crippen LogP contribution < -0.4 is 5.32 Å². The average molecular weight is 260 g/mol. The standard InChI is InChI=1S/C13H12N2O2S/c1-8-12(18-9(2)14-8)13(17)15-11-5-3-4-10(6-11)7-16/h3-7H,1-2H3,(H,15,17). The number of aromatic nitrogens is 1. The number of benzene rings is 1. The molecular formula is C13H12N2O2S. The summed E-state index contributed by atoms with van der Waals surface area (Å²) in [6.07, 6.45) is 0.748. The number of hydrogen-bond donors (Lipinski definition) is 1. The molecule has 2 rings (SSSR count). The van der Waals surface area contributed by atoms with Gasteiger partial charge in [-0.15, -0.1) is 11.3 Å². The number of hydrogen-bond acceptors (Lipinski definition) is 4. The zero-order valence-corrected chi connectivity index (χ0v) is 10.9. The van der Waals surface area contributed by atoms with E-state index in [-0.39, 0.29) is 5.91 Å². The second-order valence-electron chi connectivity index (χ2n) is 3.84. The van der Waals surface area contributed by atoms with Crippen LogP contribution in [0.15, 0.2) is 24.3 Å². The number of nitrogens with one attached hydrogen (secondary N) is 1. The van der Waals surface area contributed by atoms with Gasteiger partial charge >= 0.3 is 0 Å². The first kappa shape index (κ1) is 12.4. The van der Waals surface area contributed by atoms with Crippen LogP contribution in [0.5, 0.6) is 0 Å². The zero-order chi connectivity index (χ0) is 13.1. The highest BCUT2D eigenvalue weighted by molar-refractivity contribution is 7.13. The Morgan fingerprint density at radius 2 is 2.17 bits per heavy atom. The summed E-state index contributed by atoms with van der Waals surface area (Å²) in [7, 11) is 0. The molecule has 0 spiro atoms. The van der Waals surface area contributed by atoms with Crippen molar-refractivity contribution in [3.8, 4) is 0 Å². The Bertz CT molecular complexity index is 605. The van der Waals surface area contributed by atoms with Crippen molar-refractivity contribution in [1.29, 1.82) is 0 Å². The van der Waals surface area contributed by atoms with Gasteiger partial charge in [-0.2, -0.15) is 0 Å². The third-order valence-electron chi connectivity index (χ3n) is 2.39. The Balaban J connectivity index is 2.21. The van der Waals surface area contributed by atoms with Gasteiger partial charge in [-0.1, -0.05) is 12.1 Å². The molecule has 0 fully saturated rings. The van der Waals surface area contributed by atoms with E-state index in [9.17, 15) is 9.59 Å². The van der Waals surface area contributed by atoms with E-state index < -0.39 is 0 Å². The van der Waals surface area contributed by atoms with Gasteiger partial charge in [0.05, 0.1) is 10.7 Å². The van der Waals surface area contributed by atoms with Crippen molar-refractivity contribution >= 4 is 29.2 Å². The second-order valence-corrected chi connectivity index (χ2v) is 5.05. The maximum Gasteiger partial charge on any atom is 0.267 e. The van der Waals surface area contributed by atoms with Gasteiger partial charge in [0, 0.05) is 11.3 Å². The van der Waals surface area contributed by atoms with Gasteiger partial charge in [0.2, 0.25) is 0 Å². The Morgan fingerprint density at radius 1 is 1.39 bits per heavy atom. The number of rotatable bonds is 3. The molecule has 0 unspecified atom stereocenters. The van der Waals surface area contributed by atoms with Crippen molar-refractivity contribution in [1.82, 2.24) is 4.98 Å². The molecular weight excluding hydrogens is 248 g/mol. The smallest absolute Gasteiger partial charge is 0.267 e. The van der Waals surface area contributed by atoms with Gasteiger partial charge in [0.15, 0.2) is 0 Å². The van der Waals surface area contributed by atoms with Crippen molar-refractivity contribution in [3.63, 3.8) is 0 Å². The Labute approximate surface area is 109 Å². The minimum Gasteiger partial charge on any atom is -0.321 e. The first-order chi connectivity index (χ1) is 8.60. The fraction of sp³-hybridized carbons (Fsp3) is 0.154. The third kappa shape index (κ3) is 2.62. The van der Waals surface area contributed by atoms with Gasteiger partial charge in [-0.3, -0.25) is 9.59 Å². The lowest BCUT2D eigenvalue weighted by atomic mass is 10.2. The Hall–Kier alpha value is -2.01. The summed E-state index contributed by atoms with van der Waals surface area (Å²) < 4.78 is 0. The van der Waals surface area contributed by atoms with Crippen molar-refractivity contribution in [2.24, 2.45) is 0 Å². The molecule has 0 saturated heterocycles. The maximum absolute atomic E-state index is 12.0. The maximum atomic E-state index is 12.0. The van der Waals surface area contributed by atoms with Gasteiger partial charge in [0.25, 0.3) is 5.91 Å². The van der Waals surface area contributed by atoms with Crippen LogP contribution in [0, 0.1) is 13.8 Å². The van der Waals surface area contributed by atoms with Crippen LogP contribution in [0.3, 0.4) is 0 Å². The lowest BCUT2D eigenvalue weighted by Crippen LogP contribution is -2.11. The molecule has 5 heteroatoms. The average Bonchev–Trinajstić information content (AvgIpc) is 2.69. The molecule has 1 heterocycles. The lowest BCUT2D eigenvalue weighted by molar-refractivity contribution is 0.102. The van der Waals surface area contributed by atoms with Crippen LogP contribution in [0.1, 0.15) is 30.7 Å². The fourth-order valence-electron chi connectivity index (χ4n) is 1.62. The third-order valence-corrected chi connectivity index (χ3v) is 3.46. The summed E-state index contributed by atoms with van der Waals surface area (Å²) >= 11 is 1.36. The van der Waals surface area contributed by atoms with Crippen LogP contribution in [0.25, 0.3) is 0 Å². The summed E-state index contributed by atoms with van der Waals surface area (Å²) in [5.74, 6) is -0.193. The molecule has 1 amide bonds. The van der Waals surface area contributed by atoms with Crippen LogP contribution in [0.4, 0.5) is 5.69 Å². The first-order valence-corrected chi connectivity index (χ1v) is 6.22. The molecule has 1 aromatic carbocycles. The van der Waals surface area contributed by atoms with E-state index in [2.05, 4.69) is 10.3 Å². The highest BCUT2D eigenvalue weighted by atomic mass is 32.1. The topological polar surface area (TPSA) is 59.1 Å². The molecule has 0 radical (unpaired) electrons. The highest BCUT2D eigenvalue weighted by Crippen LogP contribution is 2.19. The number of nitrogens with zero attached hydrogens (tertiary/aromatic N) is 1. The minimum atomic E-state index is -0.193. The molecule has 0 aliphatic heterocycles. The van der Waals surface area contributed by atoms with Gasteiger partial charge in [-0.05, 0) is 26.0 Å². The van der Waals surface area contributed by atoms with Gasteiger partial charge in [0.1, 0.15) is 11.2 Å². The van der Waals surface area contributed by atoms with Crippen molar-refractivity contribution in [2.75, 3.05) is 5.32 Å². The van der Waals surface area contributed by atoms with Crippen LogP contribution >= 0.6 is 11.3 Å². The quantitative estimate of drug-likeness (QED) is 0.863. The molecule has 0 atom stereocenters. The molecule has 0 saturated carbocycles. The molecule has 1 aromatic heterocycles. The SMILES string of the molecule is Cc1nc(C)c(C(=O)Nc2cccc(C=O)c2)s1. The normalized spacial score (nSPS) is 10.1. The second kappa shape index (κ2) is 5.10. The number of thiazole rings is 1. The number of aryl methyl sites for hydroxylation is 2. The number of carbonyl (C=O) groups is 2. The van der Waals surface area contributed by atoms with Crippen molar-refractivity contribution in [3.05, 3.63) is 45.4 Å². The minimum absolute atomic E-state index is 0.193. The molecule has 4 nitrogen and oxygen atoms in total.